The maximum atomic E-state index is 12.6. The van der Waals surface area contributed by atoms with Crippen LogP contribution in [0.25, 0.3) is 27.9 Å². The largest absolute Gasteiger partial charge is 0.365 e. The molecule has 0 radical (unpaired) electrons. The second-order valence-electron chi connectivity index (χ2n) is 10.7. The van der Waals surface area contributed by atoms with Crippen molar-refractivity contribution >= 4 is 28.4 Å². The number of rotatable bonds is 6. The third-order valence-corrected chi connectivity index (χ3v) is 7.35. The van der Waals surface area contributed by atoms with Crippen molar-refractivity contribution in [2.24, 2.45) is 0 Å². The summed E-state index contributed by atoms with van der Waals surface area (Å²) in [5.41, 5.74) is 8.57. The highest BCUT2D eigenvalue weighted by Gasteiger charge is 2.32. The molecule has 0 aliphatic carbocycles. The summed E-state index contributed by atoms with van der Waals surface area (Å²) in [5, 5.41) is 7.99. The number of amides is 1. The van der Waals surface area contributed by atoms with Crippen molar-refractivity contribution < 1.29 is 4.79 Å². The first-order valence-electron chi connectivity index (χ1n) is 12.7. The lowest BCUT2D eigenvalue weighted by atomic mass is 9.95. The molecule has 5 heterocycles. The van der Waals surface area contributed by atoms with Crippen molar-refractivity contribution in [2.75, 3.05) is 32.5 Å². The highest BCUT2D eigenvalue weighted by molar-refractivity contribution is 5.90. The number of carbonyl (C=O) groups excluding carboxylic acids is 1. The monoisotopic (exact) mass is 488 g/mol. The second-order valence-corrected chi connectivity index (χ2v) is 10.7. The summed E-state index contributed by atoms with van der Waals surface area (Å²) in [5.74, 6) is 1.29. The van der Waals surface area contributed by atoms with Gasteiger partial charge in [0, 0.05) is 36.0 Å². The van der Waals surface area contributed by atoms with Gasteiger partial charge in [0.1, 0.15) is 12.1 Å². The van der Waals surface area contributed by atoms with Crippen molar-refractivity contribution in [3.05, 3.63) is 41.3 Å². The summed E-state index contributed by atoms with van der Waals surface area (Å²) in [7, 11) is 3.86. The summed E-state index contributed by atoms with van der Waals surface area (Å²) in [6.07, 6.45) is 4.56. The Morgan fingerprint density at radius 2 is 2.03 bits per heavy atom. The zero-order valence-electron chi connectivity index (χ0n) is 22.3. The molecule has 36 heavy (non-hydrogen) atoms. The van der Waals surface area contributed by atoms with Crippen LogP contribution in [0, 0.1) is 13.8 Å². The van der Waals surface area contributed by atoms with Crippen molar-refractivity contribution in [2.45, 2.75) is 59.0 Å². The predicted octanol–water partition coefficient (Wildman–Crippen LogP) is 3.98. The molecular formula is C27H36N8O. The molecule has 1 aliphatic rings. The molecule has 1 amide bonds. The maximum absolute atomic E-state index is 12.6. The number of nitrogens with one attached hydrogen (secondary N) is 2. The third-order valence-electron chi connectivity index (χ3n) is 7.35. The van der Waals surface area contributed by atoms with Crippen LogP contribution in [0.4, 0.5) is 5.82 Å². The van der Waals surface area contributed by atoms with Gasteiger partial charge < -0.3 is 20.1 Å². The molecule has 9 heteroatoms. The fourth-order valence-corrected chi connectivity index (χ4v) is 5.45. The first-order valence-corrected chi connectivity index (χ1v) is 12.7. The molecule has 0 spiro atoms. The van der Waals surface area contributed by atoms with E-state index in [1.165, 1.54) is 11.1 Å². The number of likely N-dealkylation sites (tertiary alicyclic amines) is 1. The summed E-state index contributed by atoms with van der Waals surface area (Å²) in [6, 6.07) is 4.52. The Morgan fingerprint density at radius 3 is 2.75 bits per heavy atom. The number of aromatic nitrogens is 5. The van der Waals surface area contributed by atoms with Gasteiger partial charge in [-0.15, -0.1) is 0 Å². The van der Waals surface area contributed by atoms with E-state index >= 15 is 0 Å². The maximum Gasteiger partial charge on any atom is 0.237 e. The normalized spacial score (nSPS) is 18.3. The van der Waals surface area contributed by atoms with E-state index in [4.69, 9.17) is 4.98 Å². The molecule has 1 saturated heterocycles. The van der Waals surface area contributed by atoms with Crippen LogP contribution in [0.1, 0.15) is 49.8 Å². The Hall–Kier alpha value is -3.46. The number of hydrogen-bond acceptors (Lipinski definition) is 6. The van der Waals surface area contributed by atoms with E-state index in [2.05, 4.69) is 67.3 Å². The molecule has 190 valence electrons. The van der Waals surface area contributed by atoms with Gasteiger partial charge in [0.15, 0.2) is 5.65 Å². The number of pyridine rings is 2. The summed E-state index contributed by atoms with van der Waals surface area (Å²) < 4.78 is 1.85. The van der Waals surface area contributed by atoms with Crippen LogP contribution in [0.2, 0.25) is 0 Å². The van der Waals surface area contributed by atoms with E-state index < -0.39 is 0 Å². The van der Waals surface area contributed by atoms with Crippen LogP contribution in [-0.2, 0) is 4.79 Å². The van der Waals surface area contributed by atoms with Crippen LogP contribution in [0.3, 0.4) is 0 Å². The Morgan fingerprint density at radius 1 is 1.25 bits per heavy atom. The van der Waals surface area contributed by atoms with Gasteiger partial charge in [-0.2, -0.15) is 5.10 Å². The fraction of sp³-hybridized carbons (Fsp3) is 0.481. The van der Waals surface area contributed by atoms with E-state index in [1.54, 1.807) is 6.33 Å². The second kappa shape index (κ2) is 9.20. The number of hydrogen-bond donors (Lipinski definition) is 2. The van der Waals surface area contributed by atoms with Crippen molar-refractivity contribution in [1.29, 1.82) is 0 Å². The lowest BCUT2D eigenvalue weighted by Gasteiger charge is -2.23. The van der Waals surface area contributed by atoms with Gasteiger partial charge in [0.2, 0.25) is 5.91 Å². The van der Waals surface area contributed by atoms with Gasteiger partial charge in [-0.3, -0.25) is 4.79 Å². The number of nitrogens with zero attached hydrogens (tertiary/aromatic N) is 6. The number of fused-ring (bicyclic) bond motifs is 2. The number of carbonyl (C=O) groups is 1. The zero-order valence-corrected chi connectivity index (χ0v) is 22.3. The number of H-pyrrole nitrogens is 1. The number of likely N-dealkylation sites (N-methyl/N-ethyl adjacent to an activating group) is 1. The van der Waals surface area contributed by atoms with Crippen molar-refractivity contribution in [1.82, 2.24) is 34.4 Å². The first kappa shape index (κ1) is 24.2. The lowest BCUT2D eigenvalue weighted by molar-refractivity contribution is -0.132. The van der Waals surface area contributed by atoms with Crippen LogP contribution in [0.5, 0.6) is 0 Å². The number of anilines is 1. The number of aromatic amines is 1. The molecule has 5 rings (SSSR count). The molecule has 0 aromatic carbocycles. The quantitative estimate of drug-likeness (QED) is 0.426. The van der Waals surface area contributed by atoms with Gasteiger partial charge in [-0.25, -0.2) is 14.5 Å². The van der Waals surface area contributed by atoms with Crippen LogP contribution >= 0.6 is 0 Å². The molecule has 4 aromatic heterocycles. The average Bonchev–Trinajstić information content (AvgIpc) is 3.52. The Bertz CT molecular complexity index is 1430. The smallest absolute Gasteiger partial charge is 0.237 e. The van der Waals surface area contributed by atoms with Gasteiger partial charge in [0.25, 0.3) is 0 Å². The Labute approximate surface area is 211 Å². The van der Waals surface area contributed by atoms with Gasteiger partial charge in [-0.1, -0.05) is 13.8 Å². The molecule has 1 aliphatic heterocycles. The summed E-state index contributed by atoms with van der Waals surface area (Å²) in [4.78, 5) is 29.7. The van der Waals surface area contributed by atoms with E-state index in [9.17, 15) is 4.79 Å². The molecule has 2 N–H and O–H groups in total. The zero-order chi connectivity index (χ0) is 25.7. The SMILES string of the molecule is Cc1c(-c2[nH]c3ccc(N[C@@H]4C[C@H](C)N(C(=O)CN(C)C)C4)nc3c2C(C)C)cn2ncnc2c1C. The van der Waals surface area contributed by atoms with Crippen molar-refractivity contribution in [3.63, 3.8) is 0 Å². The van der Waals surface area contributed by atoms with E-state index in [0.29, 0.717) is 13.1 Å². The predicted molar refractivity (Wildman–Crippen MR) is 143 cm³/mol. The highest BCUT2D eigenvalue weighted by atomic mass is 16.2. The average molecular weight is 489 g/mol. The van der Waals surface area contributed by atoms with Crippen LogP contribution in [-0.4, -0.2) is 79.5 Å². The topological polar surface area (TPSA) is 94.5 Å². The first-order chi connectivity index (χ1) is 17.1. The van der Waals surface area contributed by atoms with Crippen LogP contribution in [0.15, 0.2) is 24.7 Å². The lowest BCUT2D eigenvalue weighted by Crippen LogP contribution is -2.40. The standard InChI is InChI=1S/C27H36N8O/c1-15(2)24-25(20-12-35-27(28-14-29-35)18(5)17(20)4)31-21-8-9-22(32-26(21)24)30-19-10-16(3)34(11-19)23(36)13-33(6)7/h8-9,12,14-16,19,31H,10-11,13H2,1-7H3,(H,30,32)/t16-,19+/m0/s1. The summed E-state index contributed by atoms with van der Waals surface area (Å²) >= 11 is 0. The molecule has 1 fully saturated rings. The third kappa shape index (κ3) is 4.21. The van der Waals surface area contributed by atoms with Crippen LogP contribution < -0.4 is 5.32 Å². The fourth-order valence-electron chi connectivity index (χ4n) is 5.45. The van der Waals surface area contributed by atoms with Gasteiger partial charge >= 0.3 is 0 Å². The van der Waals surface area contributed by atoms with Crippen molar-refractivity contribution in [3.8, 4) is 11.3 Å². The summed E-state index contributed by atoms with van der Waals surface area (Å²) in [6.45, 7) is 11.9. The Kier molecular flexibility index (Phi) is 6.20. The van der Waals surface area contributed by atoms with Gasteiger partial charge in [-0.05, 0) is 70.5 Å². The van der Waals surface area contributed by atoms with E-state index in [-0.39, 0.29) is 23.9 Å². The molecule has 9 nitrogen and oxygen atoms in total. The molecule has 0 saturated carbocycles. The molecule has 4 aromatic rings. The minimum Gasteiger partial charge on any atom is -0.365 e. The highest BCUT2D eigenvalue weighted by Crippen LogP contribution is 2.37. The number of aryl methyl sites for hydroxylation is 1. The minimum atomic E-state index is 0.174. The van der Waals surface area contributed by atoms with E-state index in [1.807, 2.05) is 34.5 Å². The molecule has 2 atom stereocenters. The molecule has 0 unspecified atom stereocenters. The van der Waals surface area contributed by atoms with E-state index in [0.717, 1.165) is 45.7 Å². The molecule has 0 bridgehead atoms. The minimum absolute atomic E-state index is 0.174. The molecular weight excluding hydrogens is 452 g/mol. The Balaban J connectivity index is 1.48. The van der Waals surface area contributed by atoms with Gasteiger partial charge in [0.05, 0.1) is 23.3 Å².